The van der Waals surface area contributed by atoms with E-state index in [-0.39, 0.29) is 13.1 Å². The molecular weight excluding hydrogens is 211 g/mol. The molecule has 1 aromatic rings. The Morgan fingerprint density at radius 1 is 1.44 bits per heavy atom. The van der Waals surface area contributed by atoms with Crippen molar-refractivity contribution in [2.45, 2.75) is 18.8 Å². The van der Waals surface area contributed by atoms with Gasteiger partial charge in [-0.05, 0) is 30.3 Å². The van der Waals surface area contributed by atoms with Crippen LogP contribution in [0.5, 0.6) is 0 Å². The van der Waals surface area contributed by atoms with Crippen LogP contribution in [0.2, 0.25) is 0 Å². The van der Waals surface area contributed by atoms with Crippen molar-refractivity contribution in [1.29, 1.82) is 0 Å². The molecule has 0 aliphatic rings. The number of likely N-dealkylation sites (N-methyl/N-ethyl adjacent to an activating group) is 1. The van der Waals surface area contributed by atoms with Gasteiger partial charge >= 0.3 is 0 Å². The van der Waals surface area contributed by atoms with Crippen LogP contribution in [0, 0.1) is 5.82 Å². The van der Waals surface area contributed by atoms with Crippen LogP contribution in [0.3, 0.4) is 0 Å². The number of aliphatic hydroxyl groups excluding tert-OH is 2. The van der Waals surface area contributed by atoms with Crippen LogP contribution in [0.25, 0.3) is 0 Å². The molecule has 16 heavy (non-hydrogen) atoms. The first-order valence-electron chi connectivity index (χ1n) is 5.09. The molecule has 0 heterocycles. The molecule has 1 rings (SSSR count). The molecule has 0 fully saturated rings. The molecule has 2 atom stereocenters. The standard InChI is InChI=1S/C11H17FN2O2/c1-14-6-10(15)11(16)9-4-8(12)3-2-7(9)5-13/h2-4,10-11,14-16H,5-6,13H2,1H3. The van der Waals surface area contributed by atoms with Gasteiger partial charge in [-0.1, -0.05) is 6.07 Å². The van der Waals surface area contributed by atoms with Crippen LogP contribution in [0.1, 0.15) is 17.2 Å². The zero-order chi connectivity index (χ0) is 12.1. The number of hydrogen-bond donors (Lipinski definition) is 4. The van der Waals surface area contributed by atoms with Gasteiger partial charge < -0.3 is 21.3 Å². The van der Waals surface area contributed by atoms with E-state index in [9.17, 15) is 14.6 Å². The topological polar surface area (TPSA) is 78.5 Å². The molecule has 2 unspecified atom stereocenters. The second kappa shape index (κ2) is 5.91. The van der Waals surface area contributed by atoms with E-state index in [1.54, 1.807) is 7.05 Å². The SMILES string of the molecule is CNCC(O)C(O)c1cc(F)ccc1CN. The van der Waals surface area contributed by atoms with Gasteiger partial charge in [0, 0.05) is 13.1 Å². The van der Waals surface area contributed by atoms with Gasteiger partial charge in [0.05, 0.1) is 6.10 Å². The second-order valence-electron chi connectivity index (χ2n) is 3.62. The van der Waals surface area contributed by atoms with Crippen LogP contribution in [-0.2, 0) is 6.54 Å². The minimum Gasteiger partial charge on any atom is -0.389 e. The lowest BCUT2D eigenvalue weighted by Gasteiger charge is -2.20. The zero-order valence-corrected chi connectivity index (χ0v) is 9.15. The van der Waals surface area contributed by atoms with E-state index in [4.69, 9.17) is 5.73 Å². The van der Waals surface area contributed by atoms with Crippen LogP contribution < -0.4 is 11.1 Å². The smallest absolute Gasteiger partial charge is 0.123 e. The van der Waals surface area contributed by atoms with Gasteiger partial charge in [-0.25, -0.2) is 4.39 Å². The average molecular weight is 228 g/mol. The summed E-state index contributed by atoms with van der Waals surface area (Å²) in [6.07, 6.45) is -2.13. The summed E-state index contributed by atoms with van der Waals surface area (Å²) < 4.78 is 13.0. The van der Waals surface area contributed by atoms with Crippen molar-refractivity contribution in [3.8, 4) is 0 Å². The quantitative estimate of drug-likeness (QED) is 0.567. The van der Waals surface area contributed by atoms with E-state index in [1.165, 1.54) is 18.2 Å². The summed E-state index contributed by atoms with van der Waals surface area (Å²) in [5.74, 6) is -0.456. The number of hydrogen-bond acceptors (Lipinski definition) is 4. The Labute approximate surface area is 93.9 Å². The molecule has 4 nitrogen and oxygen atoms in total. The van der Waals surface area contributed by atoms with Crippen molar-refractivity contribution in [2.24, 2.45) is 5.73 Å². The maximum absolute atomic E-state index is 13.0. The third-order valence-corrected chi connectivity index (χ3v) is 2.42. The first-order valence-corrected chi connectivity index (χ1v) is 5.09. The first-order chi connectivity index (χ1) is 7.60. The summed E-state index contributed by atoms with van der Waals surface area (Å²) in [5.41, 5.74) is 6.45. The van der Waals surface area contributed by atoms with Crippen molar-refractivity contribution in [2.75, 3.05) is 13.6 Å². The van der Waals surface area contributed by atoms with Gasteiger partial charge in [0.1, 0.15) is 11.9 Å². The Hall–Kier alpha value is -1.01. The molecule has 0 spiro atoms. The molecule has 0 bridgehead atoms. The van der Waals surface area contributed by atoms with Gasteiger partial charge in [-0.15, -0.1) is 0 Å². The Morgan fingerprint density at radius 2 is 2.12 bits per heavy atom. The van der Waals surface area contributed by atoms with E-state index in [0.717, 1.165) is 0 Å². The van der Waals surface area contributed by atoms with E-state index in [0.29, 0.717) is 11.1 Å². The van der Waals surface area contributed by atoms with Crippen LogP contribution in [-0.4, -0.2) is 29.9 Å². The van der Waals surface area contributed by atoms with Gasteiger partial charge in [0.25, 0.3) is 0 Å². The van der Waals surface area contributed by atoms with Crippen molar-refractivity contribution in [1.82, 2.24) is 5.32 Å². The van der Waals surface area contributed by atoms with Crippen LogP contribution in [0.4, 0.5) is 4.39 Å². The molecular formula is C11H17FN2O2. The molecule has 1 aromatic carbocycles. The summed E-state index contributed by atoms with van der Waals surface area (Å²) in [7, 11) is 1.66. The predicted molar refractivity (Wildman–Crippen MR) is 59.2 cm³/mol. The molecule has 0 saturated carbocycles. The summed E-state index contributed by atoms with van der Waals surface area (Å²) >= 11 is 0. The molecule has 0 amide bonds. The van der Waals surface area contributed by atoms with Crippen LogP contribution in [0.15, 0.2) is 18.2 Å². The lowest BCUT2D eigenvalue weighted by Crippen LogP contribution is -2.30. The molecule has 90 valence electrons. The van der Waals surface area contributed by atoms with E-state index in [1.807, 2.05) is 0 Å². The third kappa shape index (κ3) is 2.99. The van der Waals surface area contributed by atoms with E-state index >= 15 is 0 Å². The minimum absolute atomic E-state index is 0.193. The third-order valence-electron chi connectivity index (χ3n) is 2.42. The van der Waals surface area contributed by atoms with Crippen molar-refractivity contribution < 1.29 is 14.6 Å². The largest absolute Gasteiger partial charge is 0.389 e. The maximum Gasteiger partial charge on any atom is 0.123 e. The summed E-state index contributed by atoms with van der Waals surface area (Å²) in [5, 5.41) is 22.2. The molecule has 0 aliphatic heterocycles. The highest BCUT2D eigenvalue weighted by Crippen LogP contribution is 2.22. The van der Waals surface area contributed by atoms with Crippen molar-refractivity contribution >= 4 is 0 Å². The number of nitrogens with two attached hydrogens (primary N) is 1. The Kier molecular flexibility index (Phi) is 4.82. The summed E-state index contributed by atoms with van der Waals surface area (Å²) in [4.78, 5) is 0. The Bertz CT molecular complexity index is 347. The number of nitrogens with one attached hydrogen (secondary N) is 1. The fourth-order valence-electron chi connectivity index (χ4n) is 1.56. The molecule has 5 heteroatoms. The van der Waals surface area contributed by atoms with Gasteiger partial charge in [-0.3, -0.25) is 0 Å². The molecule has 0 aromatic heterocycles. The Balaban J connectivity index is 2.96. The number of rotatable bonds is 5. The van der Waals surface area contributed by atoms with E-state index < -0.39 is 18.0 Å². The summed E-state index contributed by atoms with van der Waals surface area (Å²) in [6, 6.07) is 3.99. The van der Waals surface area contributed by atoms with Crippen LogP contribution >= 0.6 is 0 Å². The molecule has 5 N–H and O–H groups in total. The van der Waals surface area contributed by atoms with Gasteiger partial charge in [0.15, 0.2) is 0 Å². The number of benzene rings is 1. The van der Waals surface area contributed by atoms with Gasteiger partial charge in [0.2, 0.25) is 0 Å². The fraction of sp³-hybridized carbons (Fsp3) is 0.455. The Morgan fingerprint density at radius 3 is 2.69 bits per heavy atom. The summed E-state index contributed by atoms with van der Waals surface area (Å²) in [6.45, 7) is 0.417. The molecule has 0 radical (unpaired) electrons. The number of halogens is 1. The van der Waals surface area contributed by atoms with Crippen molar-refractivity contribution in [3.05, 3.63) is 35.1 Å². The first kappa shape index (κ1) is 13.1. The molecule has 0 saturated heterocycles. The van der Waals surface area contributed by atoms with E-state index in [2.05, 4.69) is 5.32 Å². The lowest BCUT2D eigenvalue weighted by atomic mass is 9.98. The fourth-order valence-corrected chi connectivity index (χ4v) is 1.56. The minimum atomic E-state index is -1.14. The number of aliphatic hydroxyl groups is 2. The highest BCUT2D eigenvalue weighted by molar-refractivity contribution is 5.30. The predicted octanol–water partition coefficient (Wildman–Crippen LogP) is -0.102. The molecule has 0 aliphatic carbocycles. The zero-order valence-electron chi connectivity index (χ0n) is 9.15. The average Bonchev–Trinajstić information content (AvgIpc) is 2.28. The second-order valence-corrected chi connectivity index (χ2v) is 3.62. The lowest BCUT2D eigenvalue weighted by molar-refractivity contribution is 0.0195. The van der Waals surface area contributed by atoms with Crippen molar-refractivity contribution in [3.63, 3.8) is 0 Å². The maximum atomic E-state index is 13.0. The highest BCUT2D eigenvalue weighted by atomic mass is 19.1. The monoisotopic (exact) mass is 228 g/mol. The van der Waals surface area contributed by atoms with Gasteiger partial charge in [-0.2, -0.15) is 0 Å². The highest BCUT2D eigenvalue weighted by Gasteiger charge is 2.20. The normalized spacial score (nSPS) is 14.8.